The van der Waals surface area contributed by atoms with E-state index in [0.717, 1.165) is 11.3 Å². The van der Waals surface area contributed by atoms with E-state index in [1.807, 2.05) is 12.1 Å². The molecule has 5 heteroatoms. The molecule has 5 nitrogen and oxygen atoms in total. The maximum Gasteiger partial charge on any atom is 0.410 e. The van der Waals surface area contributed by atoms with Crippen molar-refractivity contribution in [2.24, 2.45) is 0 Å². The second kappa shape index (κ2) is 6.61. The van der Waals surface area contributed by atoms with E-state index in [1.165, 1.54) is 4.90 Å². The highest BCUT2D eigenvalue weighted by atomic mass is 16.6. The SMILES string of the molecule is COc1ccc(C(CO)N(C)C(=O)OC(C)(C)C)cc1. The number of aliphatic hydroxyl groups excluding tert-OH is 1. The Morgan fingerprint density at radius 3 is 2.25 bits per heavy atom. The Kier molecular flexibility index (Phi) is 5.39. The molecule has 1 aromatic rings. The molecule has 1 N–H and O–H groups in total. The zero-order valence-electron chi connectivity index (χ0n) is 12.7. The van der Waals surface area contributed by atoms with Crippen LogP contribution in [0.2, 0.25) is 0 Å². The topological polar surface area (TPSA) is 59.0 Å². The van der Waals surface area contributed by atoms with Crippen molar-refractivity contribution in [3.05, 3.63) is 29.8 Å². The van der Waals surface area contributed by atoms with Crippen molar-refractivity contribution in [1.82, 2.24) is 4.90 Å². The van der Waals surface area contributed by atoms with Crippen molar-refractivity contribution >= 4 is 6.09 Å². The molecule has 0 aliphatic heterocycles. The number of ether oxygens (including phenoxy) is 2. The first-order chi connectivity index (χ1) is 9.28. The Morgan fingerprint density at radius 1 is 1.30 bits per heavy atom. The van der Waals surface area contributed by atoms with Gasteiger partial charge in [0.05, 0.1) is 19.8 Å². The quantitative estimate of drug-likeness (QED) is 0.921. The van der Waals surface area contributed by atoms with Crippen molar-refractivity contribution in [2.75, 3.05) is 20.8 Å². The number of nitrogens with zero attached hydrogens (tertiary/aromatic N) is 1. The lowest BCUT2D eigenvalue weighted by atomic mass is 10.1. The fourth-order valence-electron chi connectivity index (χ4n) is 1.74. The Morgan fingerprint density at radius 2 is 1.85 bits per heavy atom. The summed E-state index contributed by atoms with van der Waals surface area (Å²) in [6.07, 6.45) is -0.465. The third-order valence-electron chi connectivity index (χ3n) is 2.82. The maximum atomic E-state index is 12.0. The van der Waals surface area contributed by atoms with E-state index in [9.17, 15) is 9.90 Å². The van der Waals surface area contributed by atoms with Gasteiger partial charge in [-0.15, -0.1) is 0 Å². The van der Waals surface area contributed by atoms with Gasteiger partial charge in [-0.1, -0.05) is 12.1 Å². The average molecular weight is 281 g/mol. The smallest absolute Gasteiger partial charge is 0.410 e. The zero-order chi connectivity index (χ0) is 15.3. The van der Waals surface area contributed by atoms with Crippen molar-refractivity contribution in [3.63, 3.8) is 0 Å². The molecule has 0 aliphatic rings. The molecule has 0 aromatic heterocycles. The highest BCUT2D eigenvalue weighted by Gasteiger charge is 2.25. The van der Waals surface area contributed by atoms with Crippen LogP contribution < -0.4 is 4.74 Å². The fraction of sp³-hybridized carbons (Fsp3) is 0.533. The van der Waals surface area contributed by atoms with E-state index in [1.54, 1.807) is 47.1 Å². The summed E-state index contributed by atoms with van der Waals surface area (Å²) in [6, 6.07) is 6.78. The Bertz CT molecular complexity index is 436. The molecule has 0 radical (unpaired) electrons. The minimum atomic E-state index is -0.564. The van der Waals surface area contributed by atoms with E-state index in [0.29, 0.717) is 0 Å². The van der Waals surface area contributed by atoms with E-state index in [4.69, 9.17) is 9.47 Å². The summed E-state index contributed by atoms with van der Waals surface area (Å²) in [7, 11) is 3.20. The summed E-state index contributed by atoms with van der Waals surface area (Å²) < 4.78 is 10.4. The Hall–Kier alpha value is -1.75. The highest BCUT2D eigenvalue weighted by molar-refractivity contribution is 5.68. The van der Waals surface area contributed by atoms with Gasteiger partial charge < -0.3 is 19.5 Å². The molecule has 20 heavy (non-hydrogen) atoms. The number of amides is 1. The average Bonchev–Trinajstić information content (AvgIpc) is 2.38. The number of carbonyl (C=O) groups is 1. The molecule has 1 rings (SSSR count). The van der Waals surface area contributed by atoms with Gasteiger partial charge in [0, 0.05) is 7.05 Å². The van der Waals surface area contributed by atoms with Gasteiger partial charge in [-0.05, 0) is 38.5 Å². The summed E-state index contributed by atoms with van der Waals surface area (Å²) in [4.78, 5) is 13.4. The highest BCUT2D eigenvalue weighted by Crippen LogP contribution is 2.23. The molecule has 112 valence electrons. The first-order valence-corrected chi connectivity index (χ1v) is 6.49. The number of benzene rings is 1. The van der Waals surface area contributed by atoms with Gasteiger partial charge >= 0.3 is 6.09 Å². The third-order valence-corrected chi connectivity index (χ3v) is 2.82. The lowest BCUT2D eigenvalue weighted by Gasteiger charge is -2.30. The van der Waals surface area contributed by atoms with Crippen LogP contribution >= 0.6 is 0 Å². The number of hydrogen-bond donors (Lipinski definition) is 1. The number of likely N-dealkylation sites (N-methyl/N-ethyl adjacent to an activating group) is 1. The van der Waals surface area contributed by atoms with Crippen LogP contribution in [-0.4, -0.2) is 42.5 Å². The van der Waals surface area contributed by atoms with Crippen molar-refractivity contribution in [1.29, 1.82) is 0 Å². The Balaban J connectivity index is 2.85. The largest absolute Gasteiger partial charge is 0.497 e. The van der Waals surface area contributed by atoms with Crippen molar-refractivity contribution in [2.45, 2.75) is 32.4 Å². The van der Waals surface area contributed by atoms with Crippen LogP contribution in [0.25, 0.3) is 0 Å². The zero-order valence-corrected chi connectivity index (χ0v) is 12.7. The molecular weight excluding hydrogens is 258 g/mol. The van der Waals surface area contributed by atoms with Gasteiger partial charge in [-0.2, -0.15) is 0 Å². The second-order valence-electron chi connectivity index (χ2n) is 5.56. The van der Waals surface area contributed by atoms with Crippen molar-refractivity contribution < 1.29 is 19.4 Å². The van der Waals surface area contributed by atoms with Crippen LogP contribution in [-0.2, 0) is 4.74 Å². The molecule has 0 bridgehead atoms. The predicted molar refractivity (Wildman–Crippen MR) is 76.8 cm³/mol. The standard InChI is InChI=1S/C15H23NO4/c1-15(2,3)20-14(18)16(4)13(10-17)11-6-8-12(19-5)9-7-11/h6-9,13,17H,10H2,1-5H3. The second-order valence-corrected chi connectivity index (χ2v) is 5.56. The van der Waals surface area contributed by atoms with Crippen LogP contribution in [0.1, 0.15) is 32.4 Å². The predicted octanol–water partition coefficient (Wildman–Crippen LogP) is 2.60. The number of carbonyl (C=O) groups excluding carboxylic acids is 1. The van der Waals surface area contributed by atoms with Crippen LogP contribution in [0.5, 0.6) is 5.75 Å². The van der Waals surface area contributed by atoms with Crippen LogP contribution in [0.4, 0.5) is 4.79 Å². The van der Waals surface area contributed by atoms with E-state index >= 15 is 0 Å². The Labute approximate surface area is 120 Å². The summed E-state index contributed by atoms with van der Waals surface area (Å²) in [5.74, 6) is 0.727. The first kappa shape index (κ1) is 16.3. The monoisotopic (exact) mass is 281 g/mol. The van der Waals surface area contributed by atoms with Gasteiger partial charge in [-0.25, -0.2) is 4.79 Å². The third kappa shape index (κ3) is 4.42. The first-order valence-electron chi connectivity index (χ1n) is 6.49. The molecule has 0 heterocycles. The van der Waals surface area contributed by atoms with Crippen LogP contribution in [0.15, 0.2) is 24.3 Å². The number of rotatable bonds is 4. The molecule has 0 saturated heterocycles. The number of hydrogen-bond acceptors (Lipinski definition) is 4. The fourth-order valence-corrected chi connectivity index (χ4v) is 1.74. The molecule has 0 spiro atoms. The molecule has 1 amide bonds. The molecule has 1 aromatic carbocycles. The van der Waals surface area contributed by atoms with E-state index < -0.39 is 17.7 Å². The maximum absolute atomic E-state index is 12.0. The van der Waals surface area contributed by atoms with Crippen LogP contribution in [0.3, 0.4) is 0 Å². The lowest BCUT2D eigenvalue weighted by molar-refractivity contribution is 0.0159. The van der Waals surface area contributed by atoms with Crippen LogP contribution in [0, 0.1) is 0 Å². The molecule has 0 fully saturated rings. The number of methoxy groups -OCH3 is 1. The molecule has 1 unspecified atom stereocenters. The summed E-state index contributed by atoms with van der Waals surface area (Å²) in [5, 5.41) is 9.54. The minimum absolute atomic E-state index is 0.179. The molecule has 0 saturated carbocycles. The number of aliphatic hydroxyl groups is 1. The summed E-state index contributed by atoms with van der Waals surface area (Å²) in [5.41, 5.74) is 0.257. The van der Waals surface area contributed by atoms with E-state index in [2.05, 4.69) is 0 Å². The van der Waals surface area contributed by atoms with Gasteiger partial charge in [0.15, 0.2) is 0 Å². The summed E-state index contributed by atoms with van der Waals surface area (Å²) >= 11 is 0. The minimum Gasteiger partial charge on any atom is -0.497 e. The molecular formula is C15H23NO4. The van der Waals surface area contributed by atoms with E-state index in [-0.39, 0.29) is 6.61 Å². The van der Waals surface area contributed by atoms with Crippen molar-refractivity contribution in [3.8, 4) is 5.75 Å². The molecule has 0 aliphatic carbocycles. The summed E-state index contributed by atoms with van der Waals surface area (Å²) in [6.45, 7) is 5.24. The van der Waals surface area contributed by atoms with Gasteiger partial charge in [0.25, 0.3) is 0 Å². The lowest BCUT2D eigenvalue weighted by Crippen LogP contribution is -2.37. The van der Waals surface area contributed by atoms with Gasteiger partial charge in [0.2, 0.25) is 0 Å². The molecule has 1 atom stereocenters. The van der Waals surface area contributed by atoms with Gasteiger partial charge in [0.1, 0.15) is 11.4 Å². The normalized spacial score (nSPS) is 12.7. The van der Waals surface area contributed by atoms with Gasteiger partial charge in [-0.3, -0.25) is 0 Å².